The van der Waals surface area contributed by atoms with Gasteiger partial charge in [-0.25, -0.2) is 0 Å². The van der Waals surface area contributed by atoms with Gasteiger partial charge in [-0.05, 0) is 5.56 Å². The standard InChI is InChI=1S/C15H14NO2.CH4O.Mo.2O/c17-14-9-5-4-8-13(14)10-16-11-15(18)12-6-2-1-3-7-12;1-2;;;/h1-10,15,17H,11H2;2H,1H3;;;/q-1;;;2*-2/p-1. The molecule has 6 nitrogen and oxygen atoms in total. The zero-order valence-corrected chi connectivity index (χ0v) is 14.5. The molecule has 1 atom stereocenters. The van der Waals surface area contributed by atoms with Crippen LogP contribution < -0.4 is 10.2 Å². The quantitative estimate of drug-likeness (QED) is 0.597. The van der Waals surface area contributed by atoms with E-state index in [1.807, 2.05) is 18.2 Å². The van der Waals surface area contributed by atoms with Crippen molar-refractivity contribution in [1.82, 2.24) is 0 Å². The van der Waals surface area contributed by atoms with Gasteiger partial charge in [0, 0.05) is 40.9 Å². The number of benzene rings is 2. The largest absolute Gasteiger partial charge is 2.00 e. The van der Waals surface area contributed by atoms with Crippen molar-refractivity contribution in [3.05, 3.63) is 65.7 Å². The Morgan fingerprint density at radius 3 is 2.09 bits per heavy atom. The summed E-state index contributed by atoms with van der Waals surface area (Å²) in [6.45, 7) is 0.137. The van der Waals surface area contributed by atoms with Crippen LogP contribution in [0.5, 0.6) is 5.75 Å². The Morgan fingerprint density at radius 1 is 1.00 bits per heavy atom. The summed E-state index contributed by atoms with van der Waals surface area (Å²) in [5.74, 6) is -0.0802. The average Bonchev–Trinajstić information content (AvgIpc) is 2.52. The first kappa shape index (κ1) is 26.3. The Kier molecular flexibility index (Phi) is 17.6. The molecule has 0 aliphatic carbocycles. The second-order valence-electron chi connectivity index (χ2n) is 3.93. The molecule has 0 saturated heterocycles. The molecule has 0 radical (unpaired) electrons. The van der Waals surface area contributed by atoms with Gasteiger partial charge in [-0.3, -0.25) is 4.99 Å². The second kappa shape index (κ2) is 15.3. The Hall–Kier alpha value is -1.56. The number of nitrogens with zero attached hydrogens (tertiary/aromatic N) is 1. The first-order valence-corrected chi connectivity index (χ1v) is 6.19. The van der Waals surface area contributed by atoms with Crippen LogP contribution in [0.25, 0.3) is 0 Å². The Balaban J connectivity index is -0.000000770. The van der Waals surface area contributed by atoms with E-state index in [9.17, 15) is 10.2 Å². The fourth-order valence-corrected chi connectivity index (χ4v) is 1.61. The molecule has 2 rings (SSSR count). The summed E-state index contributed by atoms with van der Waals surface area (Å²) in [7, 11) is 1.00. The van der Waals surface area contributed by atoms with E-state index >= 15 is 0 Å². The van der Waals surface area contributed by atoms with Gasteiger partial charge in [0.05, 0.1) is 0 Å². The molecule has 0 amide bonds. The predicted molar refractivity (Wildman–Crippen MR) is 77.0 cm³/mol. The topological polar surface area (TPSA) is 136 Å². The maximum absolute atomic E-state index is 11.8. The normalized spacial score (nSPS) is 10.2. The molecule has 0 aromatic heterocycles. The van der Waals surface area contributed by atoms with Crippen molar-refractivity contribution in [2.45, 2.75) is 6.10 Å². The first-order valence-electron chi connectivity index (χ1n) is 6.19. The van der Waals surface area contributed by atoms with Crippen LogP contribution in [0.2, 0.25) is 0 Å². The molecular formula is C16H17MoNO5-6. The fourth-order valence-electron chi connectivity index (χ4n) is 1.61. The van der Waals surface area contributed by atoms with E-state index < -0.39 is 6.10 Å². The summed E-state index contributed by atoms with van der Waals surface area (Å²) in [6, 6.07) is 15.7. The molecule has 1 N–H and O–H groups in total. The predicted octanol–water partition coefficient (Wildman–Crippen LogP) is 0.649. The molecule has 0 spiro atoms. The van der Waals surface area contributed by atoms with E-state index in [1.54, 1.807) is 30.3 Å². The maximum Gasteiger partial charge on any atom is 0.0319 e. The number of aliphatic hydroxyl groups excluding tert-OH is 1. The fraction of sp³-hybridized carbons (Fsp3) is 0.188. The molecule has 7 heteroatoms. The molecule has 0 heterocycles. The van der Waals surface area contributed by atoms with Crippen molar-refractivity contribution < 1.29 is 47.3 Å². The average molecular weight is 399 g/mol. The Morgan fingerprint density at radius 2 is 1.52 bits per heavy atom. The maximum atomic E-state index is 11.8. The third-order valence-electron chi connectivity index (χ3n) is 2.59. The summed E-state index contributed by atoms with van der Waals surface area (Å²) in [5, 5.41) is 30.2. The van der Waals surface area contributed by atoms with Crippen LogP contribution in [0.3, 0.4) is 0 Å². The second-order valence-corrected chi connectivity index (χ2v) is 3.93. The van der Waals surface area contributed by atoms with Crippen LogP contribution in [0.4, 0.5) is 0 Å². The van der Waals surface area contributed by atoms with Gasteiger partial charge in [-0.15, -0.1) is 5.75 Å². The molecular weight excluding hydrogens is 382 g/mol. The van der Waals surface area contributed by atoms with Gasteiger partial charge in [0.15, 0.2) is 0 Å². The molecule has 0 bridgehead atoms. The number of aliphatic hydroxyl groups is 1. The molecule has 2 aromatic rings. The van der Waals surface area contributed by atoms with Gasteiger partial charge in [-0.2, -0.15) is 0 Å². The molecule has 0 aliphatic rings. The SMILES string of the molecule is CO.[Mo].[O-2].[O-2].[O-]c1ccccc1C=NCC([O-])c1ccccc1. The van der Waals surface area contributed by atoms with E-state index in [4.69, 9.17) is 5.11 Å². The molecule has 23 heavy (non-hydrogen) atoms. The van der Waals surface area contributed by atoms with Crippen molar-refractivity contribution in [3.63, 3.8) is 0 Å². The van der Waals surface area contributed by atoms with Crippen molar-refractivity contribution >= 4 is 6.21 Å². The number of hydrogen-bond donors (Lipinski definition) is 1. The van der Waals surface area contributed by atoms with Gasteiger partial charge in [-0.1, -0.05) is 66.3 Å². The zero-order valence-electron chi connectivity index (χ0n) is 12.5. The Labute approximate surface area is 150 Å². The monoisotopic (exact) mass is 401 g/mol. The van der Waals surface area contributed by atoms with E-state index in [0.717, 1.165) is 7.11 Å². The summed E-state index contributed by atoms with van der Waals surface area (Å²) in [5.41, 5.74) is 1.22. The minimum Gasteiger partial charge on any atom is -2.00 e. The number of rotatable bonds is 4. The van der Waals surface area contributed by atoms with Crippen LogP contribution in [0, 0.1) is 0 Å². The minimum atomic E-state index is -0.888. The van der Waals surface area contributed by atoms with Gasteiger partial charge in [0.25, 0.3) is 0 Å². The van der Waals surface area contributed by atoms with Crippen molar-refractivity contribution in [3.8, 4) is 5.75 Å². The van der Waals surface area contributed by atoms with Gasteiger partial charge < -0.3 is 26.3 Å². The third kappa shape index (κ3) is 9.23. The van der Waals surface area contributed by atoms with Gasteiger partial charge in [0.2, 0.25) is 0 Å². The number of para-hydroxylation sites is 1. The molecule has 1 unspecified atom stereocenters. The number of hydrogen-bond acceptors (Lipinski definition) is 4. The minimum absolute atomic E-state index is 0. The van der Waals surface area contributed by atoms with Gasteiger partial charge in [0.1, 0.15) is 0 Å². The Bertz CT molecular complexity index is 537. The zero-order chi connectivity index (χ0) is 14.8. The molecule has 0 aliphatic heterocycles. The summed E-state index contributed by atoms with van der Waals surface area (Å²) in [6.07, 6.45) is 0.581. The third-order valence-corrected chi connectivity index (χ3v) is 2.59. The van der Waals surface area contributed by atoms with Crippen LogP contribution in [-0.4, -0.2) is 25.0 Å². The molecule has 128 valence electrons. The summed E-state index contributed by atoms with van der Waals surface area (Å²) in [4.78, 5) is 4.04. The van der Waals surface area contributed by atoms with E-state index in [2.05, 4.69) is 4.99 Å². The van der Waals surface area contributed by atoms with E-state index in [0.29, 0.717) is 11.1 Å². The van der Waals surface area contributed by atoms with E-state index in [-0.39, 0.29) is 44.3 Å². The van der Waals surface area contributed by atoms with E-state index in [1.165, 1.54) is 12.3 Å². The first-order chi connectivity index (χ1) is 9.77. The van der Waals surface area contributed by atoms with Crippen LogP contribution in [-0.2, 0) is 32.0 Å². The number of aliphatic imine (C=N–C) groups is 1. The molecule has 0 fully saturated rings. The molecule has 0 saturated carbocycles. The van der Waals surface area contributed by atoms with Gasteiger partial charge >= 0.3 is 0 Å². The molecule has 2 aromatic carbocycles. The smallest absolute Gasteiger partial charge is 0.0319 e. The van der Waals surface area contributed by atoms with Crippen molar-refractivity contribution in [2.24, 2.45) is 4.99 Å². The van der Waals surface area contributed by atoms with Crippen LogP contribution in [0.1, 0.15) is 17.2 Å². The summed E-state index contributed by atoms with van der Waals surface area (Å²) < 4.78 is 0. The van der Waals surface area contributed by atoms with Crippen LogP contribution >= 0.6 is 0 Å². The van der Waals surface area contributed by atoms with Crippen LogP contribution in [0.15, 0.2) is 59.6 Å². The summed E-state index contributed by atoms with van der Waals surface area (Å²) >= 11 is 0. The van der Waals surface area contributed by atoms with Crippen molar-refractivity contribution in [2.75, 3.05) is 13.7 Å². The van der Waals surface area contributed by atoms with Crippen molar-refractivity contribution in [1.29, 1.82) is 0 Å².